The van der Waals surface area contributed by atoms with Gasteiger partial charge in [-0.15, -0.1) is 0 Å². The first-order chi connectivity index (χ1) is 7.72. The van der Waals surface area contributed by atoms with Crippen molar-refractivity contribution in [1.29, 1.82) is 0 Å². The number of nitrogens with one attached hydrogen (secondary N) is 1. The quantitative estimate of drug-likeness (QED) is 0.528. The topological polar surface area (TPSA) is 75.4 Å². The number of imide groups is 1. The number of carbonyl (C=O) groups is 2. The minimum Gasteiger partial charge on any atom is -0.375 e. The van der Waals surface area contributed by atoms with Crippen molar-refractivity contribution in [3.8, 4) is 0 Å². The number of fused-ring (bicyclic) bond motifs is 2. The van der Waals surface area contributed by atoms with Gasteiger partial charge in [0.05, 0.1) is 5.41 Å². The zero-order valence-electron chi connectivity index (χ0n) is 10.2. The summed E-state index contributed by atoms with van der Waals surface area (Å²) in [6, 6.07) is 0. The van der Waals surface area contributed by atoms with Crippen LogP contribution in [0.5, 0.6) is 0 Å². The highest BCUT2D eigenvalue weighted by Gasteiger charge is 2.64. The van der Waals surface area contributed by atoms with E-state index in [1.165, 1.54) is 0 Å². The van der Waals surface area contributed by atoms with Crippen LogP contribution in [0.15, 0.2) is 0 Å². The highest BCUT2D eigenvalue weighted by atomic mass is 32.1. The van der Waals surface area contributed by atoms with E-state index in [4.69, 9.17) is 18.0 Å². The molecule has 2 amide bonds. The second kappa shape index (κ2) is 3.41. The molecule has 2 bridgehead atoms. The lowest BCUT2D eigenvalue weighted by atomic mass is 9.63. The molecule has 1 saturated heterocycles. The van der Waals surface area contributed by atoms with Crippen molar-refractivity contribution in [3.63, 3.8) is 0 Å². The van der Waals surface area contributed by atoms with Crippen molar-refractivity contribution >= 4 is 29.1 Å². The fourth-order valence-electron chi connectivity index (χ4n) is 3.03. The maximum absolute atomic E-state index is 12.4. The Labute approximate surface area is 106 Å². The van der Waals surface area contributed by atoms with Crippen LogP contribution >= 0.6 is 12.2 Å². The number of amides is 2. The summed E-state index contributed by atoms with van der Waals surface area (Å²) in [6.45, 7) is 5.88. The molecule has 2 rings (SSSR count). The van der Waals surface area contributed by atoms with Gasteiger partial charge in [0.25, 0.3) is 11.8 Å². The Morgan fingerprint density at radius 2 is 2.06 bits per heavy atom. The van der Waals surface area contributed by atoms with Gasteiger partial charge < -0.3 is 5.73 Å². The summed E-state index contributed by atoms with van der Waals surface area (Å²) in [7, 11) is 0. The molecule has 5 nitrogen and oxygen atoms in total. The molecule has 0 radical (unpaired) electrons. The Balaban J connectivity index is 2.42. The van der Waals surface area contributed by atoms with Crippen LogP contribution in [0.25, 0.3) is 0 Å². The molecule has 17 heavy (non-hydrogen) atoms. The van der Waals surface area contributed by atoms with Gasteiger partial charge >= 0.3 is 0 Å². The first-order valence-electron chi connectivity index (χ1n) is 5.66. The number of thiocarbonyl (C=S) groups is 1. The normalized spacial score (nSPS) is 35.0. The molecule has 0 unspecified atom stereocenters. The van der Waals surface area contributed by atoms with E-state index in [0.717, 1.165) is 17.9 Å². The predicted octanol–water partition coefficient (Wildman–Crippen LogP) is 0.546. The molecule has 0 aromatic carbocycles. The lowest BCUT2D eigenvalue weighted by Gasteiger charge is -2.47. The van der Waals surface area contributed by atoms with Gasteiger partial charge in [0.15, 0.2) is 5.11 Å². The van der Waals surface area contributed by atoms with Gasteiger partial charge in [0, 0.05) is 5.92 Å². The van der Waals surface area contributed by atoms with Crippen LogP contribution in [0, 0.1) is 16.7 Å². The predicted molar refractivity (Wildman–Crippen MR) is 66.4 cm³/mol. The van der Waals surface area contributed by atoms with Crippen molar-refractivity contribution < 1.29 is 9.59 Å². The van der Waals surface area contributed by atoms with Crippen LogP contribution < -0.4 is 11.2 Å². The molecule has 6 heteroatoms. The molecule has 94 valence electrons. The SMILES string of the molecule is CC1(C)[C@H]2CC[C@@]1(C)C(=O)N(NC(N)=S)C2=O. The second-order valence-corrected chi connectivity index (χ2v) is 6.04. The summed E-state index contributed by atoms with van der Waals surface area (Å²) in [5.41, 5.74) is 7.00. The Kier molecular flexibility index (Phi) is 2.47. The molecule has 2 fully saturated rings. The van der Waals surface area contributed by atoms with Gasteiger partial charge in [-0.25, -0.2) is 0 Å². The third-order valence-electron chi connectivity index (χ3n) is 4.64. The average Bonchev–Trinajstić information content (AvgIpc) is 2.40. The van der Waals surface area contributed by atoms with E-state index in [0.29, 0.717) is 0 Å². The molecule has 0 aromatic rings. The Morgan fingerprint density at radius 3 is 2.59 bits per heavy atom. The lowest BCUT2D eigenvalue weighted by molar-refractivity contribution is -0.170. The van der Waals surface area contributed by atoms with Gasteiger partial charge in [-0.05, 0) is 30.5 Å². The van der Waals surface area contributed by atoms with Crippen molar-refractivity contribution in [2.24, 2.45) is 22.5 Å². The maximum Gasteiger partial charge on any atom is 0.254 e. The highest BCUT2D eigenvalue weighted by molar-refractivity contribution is 7.80. The van der Waals surface area contributed by atoms with Crippen molar-refractivity contribution in [1.82, 2.24) is 10.4 Å². The lowest BCUT2D eigenvalue weighted by Crippen LogP contribution is -2.64. The summed E-state index contributed by atoms with van der Waals surface area (Å²) in [6.07, 6.45) is 1.47. The van der Waals surface area contributed by atoms with Crippen molar-refractivity contribution in [3.05, 3.63) is 0 Å². The minimum absolute atomic E-state index is 0.0607. The first-order valence-corrected chi connectivity index (χ1v) is 6.07. The molecule has 0 spiro atoms. The van der Waals surface area contributed by atoms with E-state index in [-0.39, 0.29) is 28.3 Å². The molecule has 3 N–H and O–H groups in total. The standard InChI is InChI=1S/C11H17N3O2S/c1-10(2)6-4-5-11(10,3)8(16)14(7(6)15)13-9(12)17/h6H,4-5H2,1-3H3,(H3,12,13,17)/t6-,11-/m0/s1. The Hall–Kier alpha value is -1.17. The van der Waals surface area contributed by atoms with E-state index >= 15 is 0 Å². The fraction of sp³-hybridized carbons (Fsp3) is 0.727. The average molecular weight is 255 g/mol. The number of nitrogens with two attached hydrogens (primary N) is 1. The monoisotopic (exact) mass is 255 g/mol. The van der Waals surface area contributed by atoms with E-state index < -0.39 is 5.41 Å². The van der Waals surface area contributed by atoms with E-state index in [1.807, 2.05) is 20.8 Å². The molecule has 2 atom stereocenters. The number of rotatable bonds is 1. The summed E-state index contributed by atoms with van der Waals surface area (Å²) in [5.74, 6) is -0.594. The van der Waals surface area contributed by atoms with Crippen LogP contribution in [0.2, 0.25) is 0 Å². The molecule has 1 saturated carbocycles. The van der Waals surface area contributed by atoms with E-state index in [2.05, 4.69) is 5.43 Å². The summed E-state index contributed by atoms with van der Waals surface area (Å²) >= 11 is 4.69. The van der Waals surface area contributed by atoms with Crippen LogP contribution in [0.4, 0.5) is 0 Å². The summed E-state index contributed by atoms with van der Waals surface area (Å²) in [4.78, 5) is 24.6. The smallest absolute Gasteiger partial charge is 0.254 e. The molecule has 1 aliphatic carbocycles. The number of piperidine rings is 1. The number of hydrazine groups is 1. The number of hydrogen-bond acceptors (Lipinski definition) is 3. The maximum atomic E-state index is 12.4. The van der Waals surface area contributed by atoms with Crippen LogP contribution in [0.3, 0.4) is 0 Å². The van der Waals surface area contributed by atoms with Crippen LogP contribution in [-0.2, 0) is 9.59 Å². The fourth-order valence-corrected chi connectivity index (χ4v) is 3.13. The van der Waals surface area contributed by atoms with E-state index in [9.17, 15) is 9.59 Å². The molecule has 0 aromatic heterocycles. The molecular formula is C11H17N3O2S. The first kappa shape index (κ1) is 12.3. The van der Waals surface area contributed by atoms with Gasteiger partial charge in [-0.3, -0.25) is 15.0 Å². The third kappa shape index (κ3) is 1.40. The minimum atomic E-state index is -0.524. The van der Waals surface area contributed by atoms with Gasteiger partial charge in [0.2, 0.25) is 0 Å². The molecule has 1 aliphatic heterocycles. The van der Waals surface area contributed by atoms with Crippen LogP contribution in [-0.4, -0.2) is 21.9 Å². The number of nitrogens with zero attached hydrogens (tertiary/aromatic N) is 1. The van der Waals surface area contributed by atoms with Crippen LogP contribution in [0.1, 0.15) is 33.6 Å². The summed E-state index contributed by atoms with van der Waals surface area (Å²) < 4.78 is 0. The molecule has 2 aliphatic rings. The number of hydrogen-bond donors (Lipinski definition) is 2. The van der Waals surface area contributed by atoms with Crippen molar-refractivity contribution in [2.75, 3.05) is 0 Å². The highest BCUT2D eigenvalue weighted by Crippen LogP contribution is 2.59. The number of carbonyl (C=O) groups excluding carboxylic acids is 2. The molecule has 1 heterocycles. The third-order valence-corrected chi connectivity index (χ3v) is 4.73. The Morgan fingerprint density at radius 1 is 1.47 bits per heavy atom. The molecular weight excluding hydrogens is 238 g/mol. The van der Waals surface area contributed by atoms with Gasteiger partial charge in [-0.1, -0.05) is 20.8 Å². The largest absolute Gasteiger partial charge is 0.375 e. The van der Waals surface area contributed by atoms with Crippen molar-refractivity contribution in [2.45, 2.75) is 33.6 Å². The summed E-state index contributed by atoms with van der Waals surface area (Å²) in [5, 5.41) is 0.944. The Bertz CT molecular complexity index is 421. The van der Waals surface area contributed by atoms with Gasteiger partial charge in [0.1, 0.15) is 0 Å². The van der Waals surface area contributed by atoms with E-state index in [1.54, 1.807) is 0 Å². The second-order valence-electron chi connectivity index (χ2n) is 5.60. The zero-order valence-corrected chi connectivity index (χ0v) is 11.1. The van der Waals surface area contributed by atoms with Gasteiger partial charge in [-0.2, -0.15) is 5.01 Å². The zero-order chi connectivity index (χ0) is 13.0.